The minimum absolute atomic E-state index is 0. The van der Waals surface area contributed by atoms with E-state index in [1.165, 1.54) is 141 Å². The summed E-state index contributed by atoms with van der Waals surface area (Å²) in [5, 5.41) is 65.0. The molecular weight excluding hydrogens is 1440 g/mol. The highest BCUT2D eigenvalue weighted by atomic mass is 127. The second-order valence-corrected chi connectivity index (χ2v) is 29.3. The van der Waals surface area contributed by atoms with Crippen LogP contribution >= 0.6 is 22.6 Å². The Balaban J connectivity index is 0.000000987. The number of hydrogen-bond donors (Lipinski definition) is 8. The maximum absolute atomic E-state index is 12.5. The Labute approximate surface area is 596 Å². The number of rotatable bonds is 54. The Bertz CT molecular complexity index is 2510. The number of aliphatic hydroxyl groups excluding tert-OH is 6. The topological polar surface area (TPSA) is 433 Å². The molecule has 98 heavy (non-hydrogen) atoms. The number of aliphatic hydroxyl groups is 6. The molecular formula is C68H119IN2O25S2-2. The third kappa shape index (κ3) is 44.9. The van der Waals surface area contributed by atoms with Crippen molar-refractivity contribution in [1.29, 1.82) is 0 Å². The Morgan fingerprint density at radius 1 is 0.490 bits per heavy atom. The molecule has 3 rings (SSSR count). The van der Waals surface area contributed by atoms with Gasteiger partial charge in [0.25, 0.3) is 5.91 Å². The standard InChI is InChI=1S/C37H60INO13S.C30H57NO12S.CH4/c1-2-3-4-5-6-7-8-9-10-11-12-13-14-15-16-17-31(41)49-24-29(40)25-50-37-34(44)33(43)35(30(51-37)26-53(46,47)48)52-32(42)22-23-39-36(45)27-18-20-28(38)21-19-27;1-2-3-4-5-6-7-8-9-10-11-12-13-14-15-16-17-25(33)40-20-23(32)21-41-30-28(36)27(35)29(43-26(34)18-19-31)24(42-30)22-44(37,38)39;/h18-21,29-30,33-35,37,40,43-44H,2-17,22-26H2,1H3,(H,39,45)(H,46,47,48);23-24,27-30,32,35-36H,2-22,31H2,1H3,(H,37,38,39);1H4/p-2. The van der Waals surface area contributed by atoms with E-state index < -0.39 is 155 Å². The lowest BCUT2D eigenvalue weighted by Crippen LogP contribution is -2.61. The van der Waals surface area contributed by atoms with Gasteiger partial charge in [0.15, 0.2) is 24.8 Å². The average Bonchev–Trinajstić information content (AvgIpc) is 0.806. The molecule has 12 unspecified atom stereocenters. The van der Waals surface area contributed by atoms with Gasteiger partial charge in [-0.3, -0.25) is 24.0 Å². The summed E-state index contributed by atoms with van der Waals surface area (Å²) < 4.78 is 111. The third-order valence-corrected chi connectivity index (χ3v) is 18.6. The zero-order valence-corrected chi connectivity index (χ0v) is 60.9. The van der Waals surface area contributed by atoms with Crippen LogP contribution in [0.4, 0.5) is 0 Å². The number of ether oxygens (including phenoxy) is 8. The van der Waals surface area contributed by atoms with E-state index in [-0.39, 0.29) is 52.8 Å². The van der Waals surface area contributed by atoms with Gasteiger partial charge in [-0.2, -0.15) is 0 Å². The van der Waals surface area contributed by atoms with Crippen molar-refractivity contribution in [3.8, 4) is 0 Å². The minimum atomic E-state index is -4.97. The fraction of sp³-hybridized carbons (Fsp3) is 0.838. The van der Waals surface area contributed by atoms with Gasteiger partial charge in [-0.05, 0) is 59.7 Å². The highest BCUT2D eigenvalue weighted by Gasteiger charge is 2.49. The lowest BCUT2D eigenvalue weighted by Gasteiger charge is -2.42. The minimum Gasteiger partial charge on any atom is -0.748 e. The Morgan fingerprint density at radius 3 is 1.12 bits per heavy atom. The van der Waals surface area contributed by atoms with E-state index in [9.17, 15) is 80.6 Å². The molecule has 0 spiro atoms. The second kappa shape index (κ2) is 55.3. The van der Waals surface area contributed by atoms with Crippen LogP contribution in [0.15, 0.2) is 24.3 Å². The molecule has 572 valence electrons. The van der Waals surface area contributed by atoms with E-state index >= 15 is 0 Å². The van der Waals surface area contributed by atoms with Gasteiger partial charge in [-0.15, -0.1) is 0 Å². The predicted octanol–water partition coefficient (Wildman–Crippen LogP) is 7.55. The van der Waals surface area contributed by atoms with Crippen molar-refractivity contribution < 1.29 is 118 Å². The number of halogens is 1. The Kier molecular flexibility index (Phi) is 52.3. The lowest BCUT2D eigenvalue weighted by atomic mass is 9.99. The molecule has 0 aromatic heterocycles. The SMILES string of the molecule is C.CCCCCCCCCCCCCCCCCC(=O)OCC(O)COC1OC(CS(=O)(=O)[O-])C(OC(=O)CCN)C(O)C1O.CCCCCCCCCCCCCCCCCC(=O)OCC(O)COC1OC(CS(=O)(=O)[O-])C(OC(=O)CCNC(=O)c2ccc(I)cc2)C(O)C1O. The lowest BCUT2D eigenvalue weighted by molar-refractivity contribution is -0.299. The summed E-state index contributed by atoms with van der Waals surface area (Å²) in [6, 6.07) is 6.68. The average molecular weight is 1560 g/mol. The summed E-state index contributed by atoms with van der Waals surface area (Å²) in [5.41, 5.74) is 5.64. The number of benzene rings is 1. The number of unbranched alkanes of at least 4 members (excludes halogenated alkanes) is 28. The van der Waals surface area contributed by atoms with Crippen molar-refractivity contribution >= 4 is 72.6 Å². The van der Waals surface area contributed by atoms with Gasteiger partial charge in [0.1, 0.15) is 62.0 Å². The number of esters is 4. The first kappa shape index (κ1) is 92.7. The van der Waals surface area contributed by atoms with E-state index in [1.807, 2.05) is 0 Å². The van der Waals surface area contributed by atoms with E-state index in [2.05, 4.69) is 41.8 Å². The summed E-state index contributed by atoms with van der Waals surface area (Å²) in [6.07, 6.45) is 15.9. The maximum atomic E-state index is 12.5. The molecule has 2 fully saturated rings. The van der Waals surface area contributed by atoms with Crippen molar-refractivity contribution in [3.63, 3.8) is 0 Å². The molecule has 1 aromatic carbocycles. The summed E-state index contributed by atoms with van der Waals surface area (Å²) in [4.78, 5) is 60.8. The molecule has 0 radical (unpaired) electrons. The van der Waals surface area contributed by atoms with Crippen LogP contribution in [0.2, 0.25) is 0 Å². The fourth-order valence-corrected chi connectivity index (χ4v) is 12.6. The molecule has 0 aliphatic carbocycles. The summed E-state index contributed by atoms with van der Waals surface area (Å²) in [6.45, 7) is 2.39. The number of hydrogen-bond acceptors (Lipinski definition) is 26. The summed E-state index contributed by atoms with van der Waals surface area (Å²) in [7, 11) is -9.86. The van der Waals surface area contributed by atoms with Crippen LogP contribution < -0.4 is 11.1 Å². The molecule has 2 aliphatic heterocycles. The van der Waals surface area contributed by atoms with E-state index in [0.29, 0.717) is 18.4 Å². The predicted molar refractivity (Wildman–Crippen MR) is 372 cm³/mol. The highest BCUT2D eigenvalue weighted by molar-refractivity contribution is 14.1. The first-order valence-corrected chi connectivity index (χ1v) is 39.5. The summed E-state index contributed by atoms with van der Waals surface area (Å²) in [5.74, 6) is -5.65. The Morgan fingerprint density at radius 2 is 0.806 bits per heavy atom. The molecule has 12 atom stereocenters. The molecule has 1 aromatic rings. The van der Waals surface area contributed by atoms with Gasteiger partial charge in [0.05, 0.1) is 57.8 Å². The molecule has 27 nitrogen and oxygen atoms in total. The maximum Gasteiger partial charge on any atom is 0.308 e. The first-order valence-electron chi connectivity index (χ1n) is 35.2. The van der Waals surface area contributed by atoms with Gasteiger partial charge in [0.2, 0.25) is 0 Å². The number of carbonyl (C=O) groups excluding carboxylic acids is 5. The van der Waals surface area contributed by atoms with Gasteiger partial charge in [-0.1, -0.05) is 201 Å². The molecule has 0 bridgehead atoms. The summed E-state index contributed by atoms with van der Waals surface area (Å²) >= 11 is 2.09. The highest BCUT2D eigenvalue weighted by Crippen LogP contribution is 2.28. The first-order chi connectivity index (χ1) is 46.3. The molecule has 9 N–H and O–H groups in total. The van der Waals surface area contributed by atoms with E-state index in [4.69, 9.17) is 43.6 Å². The van der Waals surface area contributed by atoms with E-state index in [0.717, 1.165) is 42.1 Å². The van der Waals surface area contributed by atoms with Gasteiger partial charge >= 0.3 is 23.9 Å². The van der Waals surface area contributed by atoms with Crippen molar-refractivity contribution in [2.45, 2.75) is 313 Å². The quantitative estimate of drug-likeness (QED) is 0.0102. The molecule has 2 heterocycles. The molecule has 30 heteroatoms. The van der Waals surface area contributed by atoms with Gasteiger partial charge in [0, 0.05) is 35.1 Å². The van der Waals surface area contributed by atoms with Crippen LogP contribution in [0.25, 0.3) is 0 Å². The zero-order chi connectivity index (χ0) is 71.9. The Hall–Kier alpha value is -3.32. The molecule has 1 amide bonds. The van der Waals surface area contributed by atoms with Crippen LogP contribution in [0.1, 0.15) is 250 Å². The normalized spacial score (nSPS) is 21.6. The molecule has 0 saturated carbocycles. The van der Waals surface area contributed by atoms with Crippen molar-refractivity contribution in [2.24, 2.45) is 5.73 Å². The number of nitrogens with two attached hydrogens (primary N) is 1. The van der Waals surface area contributed by atoms with Gasteiger partial charge < -0.3 is 88.7 Å². The molecule has 2 aliphatic rings. The van der Waals surface area contributed by atoms with Crippen molar-refractivity contribution in [3.05, 3.63) is 33.4 Å². The molecule has 2 saturated heterocycles. The number of carbonyl (C=O) groups is 5. The van der Waals surface area contributed by atoms with Crippen LogP contribution in [-0.4, -0.2) is 211 Å². The third-order valence-electron chi connectivity index (χ3n) is 16.4. The zero-order valence-electron chi connectivity index (χ0n) is 57.1. The van der Waals surface area contributed by atoms with Crippen molar-refractivity contribution in [2.75, 3.05) is 51.0 Å². The van der Waals surface area contributed by atoms with Crippen molar-refractivity contribution in [1.82, 2.24) is 5.32 Å². The van der Waals surface area contributed by atoms with E-state index in [1.54, 1.807) is 24.3 Å². The fourth-order valence-electron chi connectivity index (χ4n) is 10.9. The van der Waals surface area contributed by atoms with Crippen LogP contribution in [-0.2, 0) is 77.3 Å². The largest absolute Gasteiger partial charge is 0.748 e. The number of amides is 1. The second-order valence-electron chi connectivity index (χ2n) is 25.2. The monoisotopic (exact) mass is 1550 g/mol. The van der Waals surface area contributed by atoms with Crippen LogP contribution in [0.5, 0.6) is 0 Å². The van der Waals surface area contributed by atoms with Gasteiger partial charge in [-0.25, -0.2) is 16.8 Å². The number of nitrogens with one attached hydrogen (secondary N) is 1. The smallest absolute Gasteiger partial charge is 0.308 e. The van der Waals surface area contributed by atoms with Crippen LogP contribution in [0, 0.1) is 3.57 Å². The van der Waals surface area contributed by atoms with Crippen LogP contribution in [0.3, 0.4) is 0 Å².